The van der Waals surface area contributed by atoms with Crippen molar-refractivity contribution in [1.82, 2.24) is 20.3 Å². The van der Waals surface area contributed by atoms with E-state index in [0.717, 1.165) is 45.3 Å². The van der Waals surface area contributed by atoms with Gasteiger partial charge in [-0.25, -0.2) is 4.39 Å². The molecule has 1 aliphatic carbocycles. The van der Waals surface area contributed by atoms with Crippen molar-refractivity contribution >= 4 is 23.5 Å². The Labute approximate surface area is 261 Å². The predicted octanol–water partition coefficient (Wildman–Crippen LogP) is 5.67. The summed E-state index contributed by atoms with van der Waals surface area (Å²) >= 11 is 0. The number of aromatic nitrogens is 3. The summed E-state index contributed by atoms with van der Waals surface area (Å²) in [7, 11) is 0. The first-order valence-corrected chi connectivity index (χ1v) is 16.6. The molecule has 0 amide bonds. The first kappa shape index (κ1) is 34.1. The molecule has 4 N–H and O–H groups in total. The van der Waals surface area contributed by atoms with Crippen LogP contribution < -0.4 is 26.0 Å². The fourth-order valence-electron chi connectivity index (χ4n) is 5.60. The van der Waals surface area contributed by atoms with Crippen molar-refractivity contribution in [3.8, 4) is 5.75 Å². The van der Waals surface area contributed by atoms with Gasteiger partial charge in [0.1, 0.15) is 6.61 Å². The lowest BCUT2D eigenvalue weighted by molar-refractivity contribution is 0.00926. The highest BCUT2D eigenvalue weighted by Gasteiger charge is 2.24. The van der Waals surface area contributed by atoms with Gasteiger partial charge in [0.25, 0.3) is 0 Å². The summed E-state index contributed by atoms with van der Waals surface area (Å²) < 4.78 is 36.9. The number of rotatable bonds is 20. The maximum Gasteiger partial charge on any atom is 0.233 e. The normalized spacial score (nSPS) is 18.1. The van der Waals surface area contributed by atoms with Crippen LogP contribution in [0.15, 0.2) is 18.2 Å². The zero-order valence-electron chi connectivity index (χ0n) is 26.5. The number of hydrogen-bond donors (Lipinski definition) is 4. The van der Waals surface area contributed by atoms with Crippen LogP contribution in [0.4, 0.5) is 27.9 Å². The minimum atomic E-state index is -0.479. The molecule has 1 saturated carbocycles. The van der Waals surface area contributed by atoms with Crippen molar-refractivity contribution in [2.45, 2.75) is 96.2 Å². The highest BCUT2D eigenvalue weighted by atomic mass is 19.1. The maximum absolute atomic E-state index is 14.9. The van der Waals surface area contributed by atoms with Gasteiger partial charge in [-0.1, -0.05) is 39.5 Å². The van der Waals surface area contributed by atoms with Gasteiger partial charge in [0, 0.05) is 36.5 Å². The lowest BCUT2D eigenvalue weighted by atomic mass is 10.0. The van der Waals surface area contributed by atoms with E-state index in [0.29, 0.717) is 68.7 Å². The van der Waals surface area contributed by atoms with E-state index in [1.807, 2.05) is 0 Å². The third-order valence-corrected chi connectivity index (χ3v) is 7.93. The molecule has 2 aliphatic rings. The van der Waals surface area contributed by atoms with Gasteiger partial charge in [-0.05, 0) is 57.2 Å². The van der Waals surface area contributed by atoms with Crippen LogP contribution in [0.25, 0.3) is 0 Å². The monoisotopic (exact) mass is 617 g/mol. The molecule has 12 heteroatoms. The lowest BCUT2D eigenvalue weighted by Crippen LogP contribution is -2.40. The minimum absolute atomic E-state index is 0.159. The van der Waals surface area contributed by atoms with Crippen molar-refractivity contribution in [2.75, 3.05) is 68.7 Å². The first-order valence-electron chi connectivity index (χ1n) is 16.6. The molecule has 2 fully saturated rings. The molecular formula is C32H52FN7O4. The Kier molecular flexibility index (Phi) is 15.1. The van der Waals surface area contributed by atoms with Crippen molar-refractivity contribution in [3.05, 3.63) is 24.0 Å². The summed E-state index contributed by atoms with van der Waals surface area (Å²) in [6, 6.07) is 5.64. The second-order valence-corrected chi connectivity index (χ2v) is 11.5. The van der Waals surface area contributed by atoms with Gasteiger partial charge in [-0.2, -0.15) is 15.0 Å². The Morgan fingerprint density at radius 1 is 0.818 bits per heavy atom. The number of nitrogens with one attached hydrogen (secondary N) is 4. The molecule has 2 atom stereocenters. The van der Waals surface area contributed by atoms with Crippen molar-refractivity contribution in [1.29, 1.82) is 0 Å². The quantitative estimate of drug-likeness (QED) is 0.109. The third kappa shape index (κ3) is 11.9. The molecule has 246 valence electrons. The molecule has 1 saturated heterocycles. The zero-order valence-corrected chi connectivity index (χ0v) is 26.5. The molecule has 0 radical (unpaired) electrons. The van der Waals surface area contributed by atoms with Gasteiger partial charge in [0.2, 0.25) is 17.8 Å². The molecule has 4 rings (SSSR count). The SMILES string of the molecule is CCCOCCOCCOCCOc1ccc(Nc2nc(NC3CCCCCC3)nc(NC(CC)C3CCCN3)n2)cc1F. The largest absolute Gasteiger partial charge is 0.488 e. The number of halogens is 1. The molecule has 0 spiro atoms. The number of anilines is 4. The van der Waals surface area contributed by atoms with Crippen LogP contribution in [0.5, 0.6) is 5.75 Å². The van der Waals surface area contributed by atoms with E-state index in [1.165, 1.54) is 38.2 Å². The zero-order chi connectivity index (χ0) is 30.8. The molecule has 0 bridgehead atoms. The average Bonchev–Trinajstić information content (AvgIpc) is 3.44. The standard InChI is InChI=1S/C32H52FN7O4/c1-3-16-41-17-18-42-19-20-43-21-22-44-29-14-13-25(23-26(29)33)36-31-38-30(35-24-10-7-5-6-8-11-24)39-32(40-31)37-27(4-2)28-12-9-15-34-28/h13-14,23-24,27-28,34H,3-12,15-22H2,1-2H3,(H3,35,36,37,38,39,40). The smallest absolute Gasteiger partial charge is 0.233 e. The predicted molar refractivity (Wildman–Crippen MR) is 172 cm³/mol. The van der Waals surface area contributed by atoms with Gasteiger partial charge in [-0.3, -0.25) is 0 Å². The lowest BCUT2D eigenvalue weighted by Gasteiger charge is -2.24. The average molecular weight is 618 g/mol. The molecule has 1 aliphatic heterocycles. The number of benzene rings is 1. The molecule has 2 heterocycles. The van der Waals surface area contributed by atoms with E-state index in [4.69, 9.17) is 23.9 Å². The third-order valence-electron chi connectivity index (χ3n) is 7.93. The van der Waals surface area contributed by atoms with E-state index < -0.39 is 5.82 Å². The van der Waals surface area contributed by atoms with E-state index in [1.54, 1.807) is 12.1 Å². The summed E-state index contributed by atoms with van der Waals surface area (Å²) in [6.45, 7) is 8.64. The molecule has 11 nitrogen and oxygen atoms in total. The Bertz CT molecular complexity index is 1080. The Morgan fingerprint density at radius 3 is 2.16 bits per heavy atom. The van der Waals surface area contributed by atoms with Crippen LogP contribution in [-0.4, -0.2) is 85.9 Å². The van der Waals surface area contributed by atoms with Gasteiger partial charge >= 0.3 is 0 Å². The van der Waals surface area contributed by atoms with Crippen LogP contribution in [0.3, 0.4) is 0 Å². The molecule has 1 aromatic carbocycles. The highest BCUT2D eigenvalue weighted by Crippen LogP contribution is 2.25. The Hall–Kier alpha value is -2.80. The van der Waals surface area contributed by atoms with Gasteiger partial charge < -0.3 is 40.2 Å². The molecule has 1 aromatic heterocycles. The number of ether oxygens (including phenoxy) is 4. The number of nitrogens with zero attached hydrogens (tertiary/aromatic N) is 3. The van der Waals surface area contributed by atoms with E-state index >= 15 is 0 Å². The summed E-state index contributed by atoms with van der Waals surface area (Å²) in [5.74, 6) is 1.07. The Balaban J connectivity index is 1.31. The molecule has 44 heavy (non-hydrogen) atoms. The van der Waals surface area contributed by atoms with Crippen LogP contribution in [-0.2, 0) is 14.2 Å². The van der Waals surface area contributed by atoms with Crippen LogP contribution in [0, 0.1) is 5.82 Å². The fourth-order valence-corrected chi connectivity index (χ4v) is 5.60. The van der Waals surface area contributed by atoms with Crippen molar-refractivity contribution in [2.24, 2.45) is 0 Å². The van der Waals surface area contributed by atoms with Crippen LogP contribution in [0.1, 0.15) is 78.1 Å². The maximum atomic E-state index is 14.9. The fraction of sp³-hybridized carbons (Fsp3) is 0.719. The van der Waals surface area contributed by atoms with E-state index in [2.05, 4.69) is 45.1 Å². The van der Waals surface area contributed by atoms with Gasteiger partial charge in [-0.15, -0.1) is 0 Å². The minimum Gasteiger partial charge on any atom is -0.488 e. The van der Waals surface area contributed by atoms with Crippen molar-refractivity contribution in [3.63, 3.8) is 0 Å². The second kappa shape index (κ2) is 19.6. The molecule has 2 aromatic rings. The number of hydrogen-bond acceptors (Lipinski definition) is 11. The molecule has 2 unspecified atom stereocenters. The van der Waals surface area contributed by atoms with Crippen molar-refractivity contribution < 1.29 is 23.3 Å². The van der Waals surface area contributed by atoms with Crippen LogP contribution in [0.2, 0.25) is 0 Å². The highest BCUT2D eigenvalue weighted by molar-refractivity contribution is 5.57. The molecular weight excluding hydrogens is 565 g/mol. The summed E-state index contributed by atoms with van der Waals surface area (Å²) in [5.41, 5.74) is 0.522. The van der Waals surface area contributed by atoms with Gasteiger partial charge in [0.15, 0.2) is 11.6 Å². The summed E-state index contributed by atoms with van der Waals surface area (Å²) in [5, 5.41) is 13.8. The van der Waals surface area contributed by atoms with Gasteiger partial charge in [0.05, 0.1) is 33.0 Å². The topological polar surface area (TPSA) is 124 Å². The Morgan fingerprint density at radius 2 is 1.50 bits per heavy atom. The van der Waals surface area contributed by atoms with E-state index in [-0.39, 0.29) is 18.4 Å². The first-order chi connectivity index (χ1) is 21.6. The summed E-state index contributed by atoms with van der Waals surface area (Å²) in [4.78, 5) is 14.1. The second-order valence-electron chi connectivity index (χ2n) is 11.5. The van der Waals surface area contributed by atoms with Crippen LogP contribution >= 0.6 is 0 Å². The van der Waals surface area contributed by atoms with E-state index in [9.17, 15) is 4.39 Å². The summed E-state index contributed by atoms with van der Waals surface area (Å²) in [6.07, 6.45) is 11.4.